The van der Waals surface area contributed by atoms with Crippen LogP contribution in [0.25, 0.3) is 0 Å². The second-order valence-electron chi connectivity index (χ2n) is 5.28. The first kappa shape index (κ1) is 15.3. The van der Waals surface area contributed by atoms with Crippen LogP contribution < -0.4 is 10.6 Å². The summed E-state index contributed by atoms with van der Waals surface area (Å²) in [6, 6.07) is 6.45. The molecule has 112 valence electrons. The second-order valence-corrected chi connectivity index (χ2v) is 5.28. The predicted octanol–water partition coefficient (Wildman–Crippen LogP) is 3.15. The molecule has 0 saturated heterocycles. The maximum Gasteiger partial charge on any atom is 0.389 e. The summed E-state index contributed by atoms with van der Waals surface area (Å²) in [5, 5.41) is 6.55. The Morgan fingerprint density at radius 3 is 2.80 bits per heavy atom. The molecule has 0 fully saturated rings. The van der Waals surface area contributed by atoms with E-state index in [4.69, 9.17) is 0 Å². The van der Waals surface area contributed by atoms with Gasteiger partial charge in [-0.25, -0.2) is 0 Å². The fourth-order valence-electron chi connectivity index (χ4n) is 2.45. The van der Waals surface area contributed by atoms with Gasteiger partial charge in [0.2, 0.25) is 0 Å². The molecule has 0 bridgehead atoms. The van der Waals surface area contributed by atoms with Gasteiger partial charge in [0.25, 0.3) is 0 Å². The molecule has 0 saturated carbocycles. The summed E-state index contributed by atoms with van der Waals surface area (Å²) in [7, 11) is 0. The summed E-state index contributed by atoms with van der Waals surface area (Å²) in [4.78, 5) is 0. The number of halogens is 3. The molecule has 1 aliphatic heterocycles. The molecule has 2 rings (SSSR count). The van der Waals surface area contributed by atoms with E-state index in [2.05, 4.69) is 28.8 Å². The molecule has 2 nitrogen and oxygen atoms in total. The highest BCUT2D eigenvalue weighted by atomic mass is 19.4. The van der Waals surface area contributed by atoms with Gasteiger partial charge in [-0.05, 0) is 49.0 Å². The fourth-order valence-corrected chi connectivity index (χ4v) is 2.45. The van der Waals surface area contributed by atoms with Crippen LogP contribution in [0.1, 0.15) is 36.0 Å². The summed E-state index contributed by atoms with van der Waals surface area (Å²) < 4.78 is 35.9. The normalized spacial score (nSPS) is 15.2. The molecule has 0 aromatic heterocycles. The van der Waals surface area contributed by atoms with Gasteiger partial charge in [0.15, 0.2) is 0 Å². The zero-order chi connectivity index (χ0) is 14.4. The third-order valence-corrected chi connectivity index (χ3v) is 3.55. The van der Waals surface area contributed by atoms with Crippen molar-refractivity contribution in [3.8, 4) is 0 Å². The van der Waals surface area contributed by atoms with Crippen LogP contribution in [0.15, 0.2) is 18.2 Å². The van der Waals surface area contributed by atoms with E-state index in [0.717, 1.165) is 26.1 Å². The van der Waals surface area contributed by atoms with Crippen molar-refractivity contribution < 1.29 is 13.2 Å². The lowest BCUT2D eigenvalue weighted by molar-refractivity contribution is -0.135. The Kier molecular flexibility index (Phi) is 5.43. The van der Waals surface area contributed by atoms with Crippen LogP contribution in [0.5, 0.6) is 0 Å². The van der Waals surface area contributed by atoms with Crippen LogP contribution in [0, 0.1) is 0 Å². The van der Waals surface area contributed by atoms with Gasteiger partial charge in [0.05, 0.1) is 0 Å². The van der Waals surface area contributed by atoms with E-state index in [1.807, 2.05) is 0 Å². The van der Waals surface area contributed by atoms with Gasteiger partial charge in [-0.2, -0.15) is 13.2 Å². The first-order valence-electron chi connectivity index (χ1n) is 7.13. The lowest BCUT2D eigenvalue weighted by Crippen LogP contribution is -2.24. The van der Waals surface area contributed by atoms with E-state index in [0.29, 0.717) is 13.0 Å². The van der Waals surface area contributed by atoms with Crippen molar-refractivity contribution in [2.45, 2.75) is 44.9 Å². The van der Waals surface area contributed by atoms with Gasteiger partial charge in [-0.1, -0.05) is 18.2 Å². The van der Waals surface area contributed by atoms with Crippen LogP contribution in [-0.4, -0.2) is 19.3 Å². The zero-order valence-electron chi connectivity index (χ0n) is 11.5. The minimum atomic E-state index is -4.02. The van der Waals surface area contributed by atoms with Crippen molar-refractivity contribution in [1.29, 1.82) is 0 Å². The van der Waals surface area contributed by atoms with Crippen LogP contribution in [0.2, 0.25) is 0 Å². The summed E-state index contributed by atoms with van der Waals surface area (Å²) in [6.45, 7) is 3.29. The number of fused-ring (bicyclic) bond motifs is 1. The monoisotopic (exact) mass is 286 g/mol. The molecular formula is C15H21F3N2. The average molecular weight is 286 g/mol. The highest BCUT2D eigenvalue weighted by molar-refractivity contribution is 5.33. The van der Waals surface area contributed by atoms with E-state index in [1.54, 1.807) is 0 Å². The highest BCUT2D eigenvalue weighted by Crippen LogP contribution is 2.22. The Morgan fingerprint density at radius 2 is 2.00 bits per heavy atom. The molecular weight excluding hydrogens is 265 g/mol. The number of nitrogens with one attached hydrogen (secondary N) is 2. The molecule has 2 N–H and O–H groups in total. The molecule has 0 radical (unpaired) electrons. The Bertz CT molecular complexity index is 430. The maximum atomic E-state index is 12.0. The molecule has 1 heterocycles. The van der Waals surface area contributed by atoms with Gasteiger partial charge in [0.1, 0.15) is 0 Å². The third kappa shape index (κ3) is 5.13. The largest absolute Gasteiger partial charge is 0.389 e. The third-order valence-electron chi connectivity index (χ3n) is 3.55. The van der Waals surface area contributed by atoms with Crippen molar-refractivity contribution in [3.05, 3.63) is 34.9 Å². The standard InChI is InChI=1S/C15H21F3N2/c16-15(17,18)6-1-2-7-19-10-12-3-4-13-5-8-20-11-14(13)9-12/h3-4,9,19-20H,1-2,5-8,10-11H2. The van der Waals surface area contributed by atoms with Crippen LogP contribution in [0.4, 0.5) is 13.2 Å². The summed E-state index contributed by atoms with van der Waals surface area (Å²) >= 11 is 0. The summed E-state index contributed by atoms with van der Waals surface area (Å²) in [5.74, 6) is 0. The van der Waals surface area contributed by atoms with Crippen LogP contribution >= 0.6 is 0 Å². The van der Waals surface area contributed by atoms with E-state index < -0.39 is 12.6 Å². The molecule has 0 amide bonds. The van der Waals surface area contributed by atoms with Gasteiger partial charge in [0, 0.05) is 19.5 Å². The first-order valence-corrected chi connectivity index (χ1v) is 7.13. The minimum Gasteiger partial charge on any atom is -0.313 e. The van der Waals surface area contributed by atoms with E-state index in [1.165, 1.54) is 16.7 Å². The Labute approximate surface area is 117 Å². The highest BCUT2D eigenvalue weighted by Gasteiger charge is 2.25. The lowest BCUT2D eigenvalue weighted by Gasteiger charge is -2.18. The fraction of sp³-hybridized carbons (Fsp3) is 0.600. The number of benzene rings is 1. The van der Waals surface area contributed by atoms with Crippen LogP contribution in [-0.2, 0) is 19.5 Å². The zero-order valence-corrected chi connectivity index (χ0v) is 11.5. The average Bonchev–Trinajstić information content (AvgIpc) is 2.41. The molecule has 1 aromatic rings. The topological polar surface area (TPSA) is 24.1 Å². The minimum absolute atomic E-state index is 0.199. The Balaban J connectivity index is 1.67. The predicted molar refractivity (Wildman–Crippen MR) is 73.5 cm³/mol. The molecule has 1 aliphatic rings. The lowest BCUT2D eigenvalue weighted by atomic mass is 9.98. The van der Waals surface area contributed by atoms with Crippen molar-refractivity contribution in [2.75, 3.05) is 13.1 Å². The number of alkyl halides is 3. The Morgan fingerprint density at radius 1 is 1.15 bits per heavy atom. The molecule has 0 atom stereocenters. The number of rotatable bonds is 6. The van der Waals surface area contributed by atoms with Crippen molar-refractivity contribution in [3.63, 3.8) is 0 Å². The van der Waals surface area contributed by atoms with Gasteiger partial charge < -0.3 is 10.6 Å². The van der Waals surface area contributed by atoms with Gasteiger partial charge in [-0.15, -0.1) is 0 Å². The summed E-state index contributed by atoms with van der Waals surface area (Å²) in [5.41, 5.74) is 3.94. The molecule has 20 heavy (non-hydrogen) atoms. The molecule has 5 heteroatoms. The maximum absolute atomic E-state index is 12.0. The molecule has 0 unspecified atom stereocenters. The Hall–Kier alpha value is -1.07. The van der Waals surface area contributed by atoms with Gasteiger partial charge in [-0.3, -0.25) is 0 Å². The number of unbranched alkanes of at least 4 members (excludes halogenated alkanes) is 1. The van der Waals surface area contributed by atoms with Crippen molar-refractivity contribution in [1.82, 2.24) is 10.6 Å². The molecule has 1 aromatic carbocycles. The molecule has 0 spiro atoms. The van der Waals surface area contributed by atoms with Gasteiger partial charge >= 0.3 is 6.18 Å². The second kappa shape index (κ2) is 7.09. The van der Waals surface area contributed by atoms with Crippen molar-refractivity contribution >= 4 is 0 Å². The van der Waals surface area contributed by atoms with Crippen LogP contribution in [0.3, 0.4) is 0 Å². The summed E-state index contributed by atoms with van der Waals surface area (Å²) in [6.07, 6.45) is -2.87. The number of hydrogen-bond acceptors (Lipinski definition) is 2. The smallest absolute Gasteiger partial charge is 0.313 e. The molecule has 0 aliphatic carbocycles. The van der Waals surface area contributed by atoms with E-state index in [9.17, 15) is 13.2 Å². The first-order chi connectivity index (χ1) is 9.54. The van der Waals surface area contributed by atoms with Crippen molar-refractivity contribution in [2.24, 2.45) is 0 Å². The SMILES string of the molecule is FC(F)(F)CCCCNCc1ccc2c(c1)CNCC2. The van der Waals surface area contributed by atoms with E-state index in [-0.39, 0.29) is 6.42 Å². The number of hydrogen-bond donors (Lipinski definition) is 2. The van der Waals surface area contributed by atoms with E-state index >= 15 is 0 Å². The quantitative estimate of drug-likeness (QED) is 0.785.